The van der Waals surface area contributed by atoms with Crippen molar-refractivity contribution in [1.82, 2.24) is 4.57 Å². The van der Waals surface area contributed by atoms with Crippen LogP contribution in [0, 0.1) is 6.92 Å². The summed E-state index contributed by atoms with van der Waals surface area (Å²) in [4.78, 5) is 26.9. The SMILES string of the molecule is Cc1c(C2C(=O)C(=CC3=[N+](C)c4ccc5ccccc5c4C3(C)C)C2=O)c2ccccc2n1C. The summed E-state index contributed by atoms with van der Waals surface area (Å²) in [7, 11) is 4.01. The van der Waals surface area contributed by atoms with Gasteiger partial charge in [-0.3, -0.25) is 9.59 Å². The second-order valence-electron chi connectivity index (χ2n) is 10.0. The van der Waals surface area contributed by atoms with Gasteiger partial charge in [0.25, 0.3) is 0 Å². The van der Waals surface area contributed by atoms with Gasteiger partial charge in [0.2, 0.25) is 5.69 Å². The maximum absolute atomic E-state index is 13.4. The molecule has 4 aromatic rings. The van der Waals surface area contributed by atoms with E-state index in [1.165, 1.54) is 16.3 Å². The average Bonchev–Trinajstić information content (AvgIpc) is 3.19. The van der Waals surface area contributed by atoms with Gasteiger partial charge in [0.05, 0.1) is 11.0 Å². The summed E-state index contributed by atoms with van der Waals surface area (Å²) in [5.41, 5.74) is 6.17. The lowest BCUT2D eigenvalue weighted by Gasteiger charge is -2.27. The van der Waals surface area contributed by atoms with Crippen molar-refractivity contribution in [3.63, 3.8) is 0 Å². The molecule has 6 rings (SSSR count). The normalized spacial score (nSPS) is 19.2. The van der Waals surface area contributed by atoms with E-state index < -0.39 is 5.92 Å². The maximum atomic E-state index is 13.4. The Balaban J connectivity index is 1.44. The molecule has 34 heavy (non-hydrogen) atoms. The van der Waals surface area contributed by atoms with Crippen LogP contribution in [0.4, 0.5) is 5.69 Å². The molecule has 2 heterocycles. The molecule has 168 valence electrons. The van der Waals surface area contributed by atoms with Gasteiger partial charge in [-0.05, 0) is 49.2 Å². The highest BCUT2D eigenvalue weighted by atomic mass is 16.2. The summed E-state index contributed by atoms with van der Waals surface area (Å²) >= 11 is 0. The zero-order valence-corrected chi connectivity index (χ0v) is 20.1. The van der Waals surface area contributed by atoms with Crippen molar-refractivity contribution in [2.24, 2.45) is 7.05 Å². The van der Waals surface area contributed by atoms with Crippen LogP contribution < -0.4 is 0 Å². The Morgan fingerprint density at radius 1 is 0.912 bits per heavy atom. The van der Waals surface area contributed by atoms with Crippen LogP contribution in [0.5, 0.6) is 0 Å². The topological polar surface area (TPSA) is 42.1 Å². The van der Waals surface area contributed by atoms with E-state index in [-0.39, 0.29) is 17.0 Å². The first-order valence-electron chi connectivity index (χ1n) is 11.7. The summed E-state index contributed by atoms with van der Waals surface area (Å²) in [6.45, 7) is 6.34. The lowest BCUT2D eigenvalue weighted by atomic mass is 9.70. The highest BCUT2D eigenvalue weighted by molar-refractivity contribution is 6.44. The molecule has 0 bridgehead atoms. The van der Waals surface area contributed by atoms with Crippen molar-refractivity contribution in [2.75, 3.05) is 7.05 Å². The predicted molar refractivity (Wildman–Crippen MR) is 136 cm³/mol. The first-order chi connectivity index (χ1) is 16.2. The quantitative estimate of drug-likeness (QED) is 0.176. The number of rotatable bonds is 2. The minimum atomic E-state index is -0.712. The Morgan fingerprint density at radius 3 is 2.29 bits per heavy atom. The van der Waals surface area contributed by atoms with Gasteiger partial charge in [0, 0.05) is 41.4 Å². The van der Waals surface area contributed by atoms with Gasteiger partial charge in [-0.15, -0.1) is 0 Å². The largest absolute Gasteiger partial charge is 0.348 e. The molecule has 0 unspecified atom stereocenters. The molecule has 3 aromatic carbocycles. The number of para-hydroxylation sites is 1. The predicted octanol–water partition coefficient (Wildman–Crippen LogP) is 5.51. The average molecular weight is 448 g/mol. The molecule has 0 N–H and O–H groups in total. The maximum Gasteiger partial charge on any atom is 0.210 e. The van der Waals surface area contributed by atoms with E-state index in [4.69, 9.17) is 0 Å². The van der Waals surface area contributed by atoms with Crippen LogP contribution in [0.25, 0.3) is 21.7 Å². The molecule has 1 aliphatic carbocycles. The number of nitrogens with zero attached hydrogens (tertiary/aromatic N) is 2. The smallest absolute Gasteiger partial charge is 0.210 e. The van der Waals surface area contributed by atoms with E-state index in [1.54, 1.807) is 0 Å². The molecule has 1 saturated carbocycles. The highest BCUT2D eigenvalue weighted by Crippen LogP contribution is 2.46. The van der Waals surface area contributed by atoms with Gasteiger partial charge in [-0.25, -0.2) is 0 Å². The lowest BCUT2D eigenvalue weighted by Crippen LogP contribution is -2.41. The standard InChI is InChI=1S/C30H27N2O2/c1-17-25(20-12-8-9-13-22(20)31(17)4)26-28(33)21(29(26)34)16-24-30(2,3)27-19-11-7-6-10-18(19)14-15-23(27)32(24)5/h6-16,26H,1-5H3/q+1. The molecule has 0 radical (unpaired) electrons. The second-order valence-corrected chi connectivity index (χ2v) is 10.0. The number of Topliss-reactive ketones (excluding diaryl/α,β-unsaturated/α-hetero) is 2. The van der Waals surface area contributed by atoms with Crippen molar-refractivity contribution in [1.29, 1.82) is 0 Å². The number of ketones is 2. The molecule has 0 spiro atoms. The van der Waals surface area contributed by atoms with Gasteiger partial charge in [-0.1, -0.05) is 42.5 Å². The van der Waals surface area contributed by atoms with E-state index in [0.717, 1.165) is 33.6 Å². The molecule has 0 saturated heterocycles. The first-order valence-corrected chi connectivity index (χ1v) is 11.7. The molecule has 1 fully saturated rings. The van der Waals surface area contributed by atoms with Crippen LogP contribution in [0.15, 0.2) is 72.3 Å². The van der Waals surface area contributed by atoms with Crippen molar-refractivity contribution in [3.8, 4) is 0 Å². The summed E-state index contributed by atoms with van der Waals surface area (Å²) in [5, 5.41) is 3.39. The Bertz CT molecular complexity index is 1630. The molecule has 4 nitrogen and oxygen atoms in total. The summed E-state index contributed by atoms with van der Waals surface area (Å²) in [6, 6.07) is 20.6. The minimum absolute atomic E-state index is 0.0815. The zero-order chi connectivity index (χ0) is 23.9. The fourth-order valence-corrected chi connectivity index (χ4v) is 6.08. The van der Waals surface area contributed by atoms with Gasteiger partial charge < -0.3 is 4.57 Å². The van der Waals surface area contributed by atoms with Crippen molar-refractivity contribution < 1.29 is 14.2 Å². The summed E-state index contributed by atoms with van der Waals surface area (Å²) in [6.07, 6.45) is 1.84. The number of aromatic nitrogens is 1. The van der Waals surface area contributed by atoms with Crippen LogP contribution in [-0.4, -0.2) is 33.5 Å². The molecule has 0 atom stereocenters. The van der Waals surface area contributed by atoms with Crippen LogP contribution in [-0.2, 0) is 22.1 Å². The van der Waals surface area contributed by atoms with Gasteiger partial charge in [0.1, 0.15) is 13.0 Å². The van der Waals surface area contributed by atoms with Crippen molar-refractivity contribution in [2.45, 2.75) is 32.1 Å². The Kier molecular flexibility index (Phi) is 4.20. The van der Waals surface area contributed by atoms with Crippen molar-refractivity contribution >= 4 is 44.6 Å². The molecule has 1 aliphatic heterocycles. The van der Waals surface area contributed by atoms with Crippen LogP contribution in [0.2, 0.25) is 0 Å². The molecular formula is C30H27N2O2+. The zero-order valence-electron chi connectivity index (χ0n) is 20.1. The number of hydrogen-bond donors (Lipinski definition) is 0. The van der Waals surface area contributed by atoms with Crippen LogP contribution in [0.1, 0.15) is 36.6 Å². The van der Waals surface area contributed by atoms with Gasteiger partial charge >= 0.3 is 0 Å². The van der Waals surface area contributed by atoms with Crippen LogP contribution >= 0.6 is 0 Å². The highest BCUT2D eigenvalue weighted by Gasteiger charge is 2.50. The minimum Gasteiger partial charge on any atom is -0.348 e. The third kappa shape index (κ3) is 2.51. The number of carbonyl (C=O) groups excluding carboxylic acids is 2. The summed E-state index contributed by atoms with van der Waals surface area (Å²) in [5.74, 6) is -0.875. The lowest BCUT2D eigenvalue weighted by molar-refractivity contribution is -0.401. The van der Waals surface area contributed by atoms with E-state index in [9.17, 15) is 9.59 Å². The third-order valence-electron chi connectivity index (χ3n) is 7.97. The molecule has 4 heteroatoms. The van der Waals surface area contributed by atoms with E-state index in [0.29, 0.717) is 5.57 Å². The fraction of sp³-hybridized carbons (Fsp3) is 0.233. The first kappa shape index (κ1) is 20.8. The second kappa shape index (κ2) is 6.86. The Labute approximate surface area is 198 Å². The number of carbonyl (C=O) groups is 2. The number of aryl methyl sites for hydroxylation is 1. The molecule has 0 amide bonds. The van der Waals surface area contributed by atoms with E-state index in [1.807, 2.05) is 57.4 Å². The Morgan fingerprint density at radius 2 is 1.56 bits per heavy atom. The third-order valence-corrected chi connectivity index (χ3v) is 7.97. The van der Waals surface area contributed by atoms with Crippen molar-refractivity contribution in [3.05, 3.63) is 89.1 Å². The van der Waals surface area contributed by atoms with Gasteiger partial charge in [0.15, 0.2) is 17.3 Å². The Hall–Kier alpha value is -3.79. The summed E-state index contributed by atoms with van der Waals surface area (Å²) < 4.78 is 4.20. The molecule has 2 aliphatic rings. The van der Waals surface area contributed by atoms with Crippen LogP contribution in [0.3, 0.4) is 0 Å². The number of benzene rings is 3. The van der Waals surface area contributed by atoms with E-state index in [2.05, 4.69) is 53.3 Å². The van der Waals surface area contributed by atoms with Gasteiger partial charge in [-0.2, -0.15) is 4.58 Å². The number of allylic oxidation sites excluding steroid dienone is 2. The fourth-order valence-electron chi connectivity index (χ4n) is 6.08. The molecule has 1 aromatic heterocycles. The molecular weight excluding hydrogens is 420 g/mol. The monoisotopic (exact) mass is 447 g/mol. The van der Waals surface area contributed by atoms with E-state index >= 15 is 0 Å². The number of fused-ring (bicyclic) bond motifs is 4. The number of hydrogen-bond acceptors (Lipinski definition) is 2.